The van der Waals surface area contributed by atoms with Crippen molar-refractivity contribution < 1.29 is 18.3 Å². The fourth-order valence-electron chi connectivity index (χ4n) is 4.20. The number of hydrogen-bond acceptors (Lipinski definition) is 7. The number of halogens is 2. The highest BCUT2D eigenvalue weighted by molar-refractivity contribution is 5.92. The molecule has 12 heteroatoms. The van der Waals surface area contributed by atoms with Gasteiger partial charge in [0.05, 0.1) is 24.5 Å². The summed E-state index contributed by atoms with van der Waals surface area (Å²) in [5.74, 6) is -0.903. The van der Waals surface area contributed by atoms with E-state index in [1.165, 1.54) is 6.07 Å². The van der Waals surface area contributed by atoms with E-state index in [4.69, 9.17) is 4.74 Å². The minimum atomic E-state index is -0.959. The molecule has 1 aliphatic heterocycles. The number of aromatic nitrogens is 6. The van der Waals surface area contributed by atoms with Gasteiger partial charge in [-0.25, -0.2) is 23.7 Å². The molecule has 1 aliphatic rings. The maximum absolute atomic E-state index is 13.8. The number of amides is 1. The fraction of sp³-hybridized carbons (Fsp3) is 0.292. The number of hydrogen-bond donors (Lipinski definition) is 1. The summed E-state index contributed by atoms with van der Waals surface area (Å²) in [6, 6.07) is 5.09. The molecule has 0 spiro atoms. The lowest BCUT2D eigenvalue weighted by Gasteiger charge is -2.35. The number of anilines is 2. The van der Waals surface area contributed by atoms with Gasteiger partial charge in [0.15, 0.2) is 17.5 Å². The summed E-state index contributed by atoms with van der Waals surface area (Å²) in [6.45, 7) is 2.66. The van der Waals surface area contributed by atoms with Crippen molar-refractivity contribution in [3.05, 3.63) is 71.4 Å². The predicted octanol–water partition coefficient (Wildman–Crippen LogP) is 3.07. The van der Waals surface area contributed by atoms with E-state index < -0.39 is 11.6 Å². The third-order valence-corrected chi connectivity index (χ3v) is 6.05. The second kappa shape index (κ2) is 9.46. The molecule has 0 saturated heterocycles. The molecule has 10 nitrogen and oxygen atoms in total. The summed E-state index contributed by atoms with van der Waals surface area (Å²) >= 11 is 0. The number of nitrogens with zero attached hydrogens (tertiary/aromatic N) is 7. The number of fused-ring (bicyclic) bond motifs is 1. The number of methoxy groups -OCH3 is 1. The standard InChI is InChI=1S/C24H24F2N8O2/c1-14-9-27-24(30-20-6-7-28-32(20)2)31-21(14)19-12-33-11-16(13-36-3)34(23(35)22(33)29-19)10-15-4-5-17(25)18(26)8-15/h4-9,12,16H,10-11,13H2,1-3H3,(H,27,30,31)/t16-/m1/s1. The zero-order valence-electron chi connectivity index (χ0n) is 19.9. The summed E-state index contributed by atoms with van der Waals surface area (Å²) in [6.07, 6.45) is 5.13. The molecule has 0 aliphatic carbocycles. The molecular formula is C24H24F2N8O2. The highest BCUT2D eigenvalue weighted by Crippen LogP contribution is 2.27. The van der Waals surface area contributed by atoms with E-state index in [-0.39, 0.29) is 30.9 Å². The van der Waals surface area contributed by atoms with Crippen LogP contribution in [0.5, 0.6) is 0 Å². The van der Waals surface area contributed by atoms with Crippen LogP contribution < -0.4 is 5.32 Å². The summed E-state index contributed by atoms with van der Waals surface area (Å²) in [4.78, 5) is 28.6. The molecule has 0 radical (unpaired) electrons. The van der Waals surface area contributed by atoms with Gasteiger partial charge < -0.3 is 19.5 Å². The first-order valence-corrected chi connectivity index (χ1v) is 11.2. The van der Waals surface area contributed by atoms with Crippen LogP contribution in [-0.4, -0.2) is 59.9 Å². The second-order valence-corrected chi connectivity index (χ2v) is 8.58. The van der Waals surface area contributed by atoms with Gasteiger partial charge in [-0.2, -0.15) is 5.10 Å². The van der Waals surface area contributed by atoms with Crippen LogP contribution in [0.1, 0.15) is 21.7 Å². The Labute approximate surface area is 205 Å². The Morgan fingerprint density at radius 1 is 1.19 bits per heavy atom. The summed E-state index contributed by atoms with van der Waals surface area (Å²) < 4.78 is 35.9. The quantitative estimate of drug-likeness (QED) is 0.421. The van der Waals surface area contributed by atoms with Gasteiger partial charge in [0.2, 0.25) is 5.95 Å². The van der Waals surface area contributed by atoms with Crippen LogP contribution in [0.4, 0.5) is 20.5 Å². The van der Waals surface area contributed by atoms with E-state index in [9.17, 15) is 13.6 Å². The smallest absolute Gasteiger partial charge is 0.290 e. The summed E-state index contributed by atoms with van der Waals surface area (Å²) in [5.41, 5.74) is 2.37. The fourth-order valence-corrected chi connectivity index (χ4v) is 4.20. The highest BCUT2D eigenvalue weighted by Gasteiger charge is 2.35. The topological polar surface area (TPSA) is 103 Å². The lowest BCUT2D eigenvalue weighted by Crippen LogP contribution is -2.49. The molecule has 36 heavy (non-hydrogen) atoms. The van der Waals surface area contributed by atoms with E-state index in [0.29, 0.717) is 29.4 Å². The Balaban J connectivity index is 1.46. The summed E-state index contributed by atoms with van der Waals surface area (Å²) in [5, 5.41) is 7.24. The molecular weight excluding hydrogens is 470 g/mol. The van der Waals surface area contributed by atoms with Gasteiger partial charge in [-0.15, -0.1) is 0 Å². The molecule has 186 valence electrons. The Kier molecular flexibility index (Phi) is 6.18. The average molecular weight is 495 g/mol. The van der Waals surface area contributed by atoms with E-state index in [0.717, 1.165) is 23.5 Å². The predicted molar refractivity (Wildman–Crippen MR) is 126 cm³/mol. The SMILES string of the molecule is COC[C@H]1Cn2cc(-c3nc(Nc4ccnn4C)ncc3C)nc2C(=O)N1Cc1ccc(F)c(F)c1. The molecule has 4 aromatic rings. The van der Waals surface area contributed by atoms with E-state index >= 15 is 0 Å². The van der Waals surface area contributed by atoms with Crippen molar-refractivity contribution in [2.45, 2.75) is 26.1 Å². The van der Waals surface area contributed by atoms with Crippen LogP contribution in [0.2, 0.25) is 0 Å². The Morgan fingerprint density at radius 2 is 2.03 bits per heavy atom. The Morgan fingerprint density at radius 3 is 2.75 bits per heavy atom. The van der Waals surface area contributed by atoms with Gasteiger partial charge in [0.1, 0.15) is 11.5 Å². The lowest BCUT2D eigenvalue weighted by molar-refractivity contribution is 0.0379. The van der Waals surface area contributed by atoms with E-state index in [1.807, 2.05) is 6.92 Å². The zero-order valence-corrected chi connectivity index (χ0v) is 19.9. The first-order chi connectivity index (χ1) is 17.3. The van der Waals surface area contributed by atoms with Crippen molar-refractivity contribution in [2.24, 2.45) is 7.05 Å². The molecule has 0 saturated carbocycles. The molecule has 1 amide bonds. The lowest BCUT2D eigenvalue weighted by atomic mass is 10.1. The van der Waals surface area contributed by atoms with E-state index in [2.05, 4.69) is 25.4 Å². The molecule has 4 heterocycles. The average Bonchev–Trinajstić information content (AvgIpc) is 3.46. The minimum absolute atomic E-state index is 0.0948. The molecule has 5 rings (SSSR count). The van der Waals surface area contributed by atoms with Gasteiger partial charge >= 0.3 is 0 Å². The largest absolute Gasteiger partial charge is 0.382 e. The van der Waals surface area contributed by atoms with Crippen LogP contribution in [0.15, 0.2) is 42.9 Å². The molecule has 1 aromatic carbocycles. The first kappa shape index (κ1) is 23.5. The maximum atomic E-state index is 13.8. The zero-order chi connectivity index (χ0) is 25.4. The maximum Gasteiger partial charge on any atom is 0.290 e. The monoisotopic (exact) mass is 494 g/mol. The number of rotatable bonds is 7. The number of ether oxygens (including phenoxy) is 1. The number of imidazole rings is 1. The van der Waals surface area contributed by atoms with Crippen molar-refractivity contribution in [1.82, 2.24) is 34.2 Å². The van der Waals surface area contributed by atoms with Gasteiger partial charge in [-0.05, 0) is 30.2 Å². The molecule has 0 fully saturated rings. The Hall–Kier alpha value is -4.19. The summed E-state index contributed by atoms with van der Waals surface area (Å²) in [7, 11) is 3.35. The second-order valence-electron chi connectivity index (χ2n) is 8.58. The Bertz CT molecular complexity index is 1430. The molecule has 1 atom stereocenters. The minimum Gasteiger partial charge on any atom is -0.382 e. The van der Waals surface area contributed by atoms with Crippen LogP contribution in [0.3, 0.4) is 0 Å². The molecule has 3 aromatic heterocycles. The van der Waals surface area contributed by atoms with Gasteiger partial charge in [-0.3, -0.25) is 9.48 Å². The van der Waals surface area contributed by atoms with Crippen molar-refractivity contribution in [3.63, 3.8) is 0 Å². The number of aryl methyl sites for hydroxylation is 2. The van der Waals surface area contributed by atoms with Crippen LogP contribution in [0.25, 0.3) is 11.4 Å². The number of nitrogens with one attached hydrogen (secondary N) is 1. The van der Waals surface area contributed by atoms with Crippen LogP contribution in [0, 0.1) is 18.6 Å². The third kappa shape index (κ3) is 4.42. The number of benzene rings is 1. The number of carbonyl (C=O) groups is 1. The normalized spacial score (nSPS) is 15.3. The van der Waals surface area contributed by atoms with Gasteiger partial charge in [-0.1, -0.05) is 6.07 Å². The third-order valence-electron chi connectivity index (χ3n) is 6.05. The molecule has 1 N–H and O–H groups in total. The van der Waals surface area contributed by atoms with Crippen molar-refractivity contribution in [2.75, 3.05) is 19.0 Å². The van der Waals surface area contributed by atoms with Gasteiger partial charge in [0.25, 0.3) is 5.91 Å². The highest BCUT2D eigenvalue weighted by atomic mass is 19.2. The van der Waals surface area contributed by atoms with Gasteiger partial charge in [0, 0.05) is 45.7 Å². The van der Waals surface area contributed by atoms with Crippen molar-refractivity contribution >= 4 is 17.7 Å². The van der Waals surface area contributed by atoms with Crippen molar-refractivity contribution in [1.29, 1.82) is 0 Å². The number of carbonyl (C=O) groups excluding carboxylic acids is 1. The molecule has 0 unspecified atom stereocenters. The van der Waals surface area contributed by atoms with Crippen LogP contribution >= 0.6 is 0 Å². The van der Waals surface area contributed by atoms with Crippen molar-refractivity contribution in [3.8, 4) is 11.4 Å². The molecule has 0 bridgehead atoms. The first-order valence-electron chi connectivity index (χ1n) is 11.2. The van der Waals surface area contributed by atoms with E-state index in [1.54, 1.807) is 53.0 Å². The van der Waals surface area contributed by atoms with Crippen LogP contribution in [-0.2, 0) is 24.9 Å².